The number of hydrogen-bond donors (Lipinski definition) is 1. The number of nitrogens with one attached hydrogen (secondary N) is 1. The maximum absolute atomic E-state index is 13.0. The van der Waals surface area contributed by atoms with Crippen LogP contribution < -0.4 is 10.1 Å². The van der Waals surface area contributed by atoms with Gasteiger partial charge in [0, 0.05) is 29.3 Å². The zero-order chi connectivity index (χ0) is 20.6. The molecule has 0 saturated heterocycles. The summed E-state index contributed by atoms with van der Waals surface area (Å²) in [6.07, 6.45) is -0.955. The second-order valence-corrected chi connectivity index (χ2v) is 7.07. The van der Waals surface area contributed by atoms with Crippen LogP contribution >= 0.6 is 0 Å². The molecule has 0 radical (unpaired) electrons. The molecule has 0 bridgehead atoms. The van der Waals surface area contributed by atoms with E-state index in [1.54, 1.807) is 18.2 Å². The highest BCUT2D eigenvalue weighted by atomic mass is 19.4. The van der Waals surface area contributed by atoms with Crippen molar-refractivity contribution < 1.29 is 27.5 Å². The van der Waals surface area contributed by atoms with Gasteiger partial charge in [0.25, 0.3) is 0 Å². The molecule has 1 heterocycles. The van der Waals surface area contributed by atoms with E-state index < -0.39 is 11.7 Å². The van der Waals surface area contributed by atoms with Gasteiger partial charge in [-0.1, -0.05) is 18.2 Å². The molecule has 0 unspecified atom stereocenters. The molecular weight excluding hydrogens is 383 g/mol. The minimum atomic E-state index is -4.46. The lowest BCUT2D eigenvalue weighted by Gasteiger charge is -2.13. The van der Waals surface area contributed by atoms with Crippen LogP contribution in [-0.2, 0) is 17.4 Å². The normalized spacial score (nSPS) is 17.3. The van der Waals surface area contributed by atoms with Crippen LogP contribution in [0.15, 0.2) is 42.5 Å². The summed E-state index contributed by atoms with van der Waals surface area (Å²) in [7, 11) is 0. The number of rotatable bonds is 2. The number of carbonyl (C=O) groups is 2. The van der Waals surface area contributed by atoms with Gasteiger partial charge >= 0.3 is 6.18 Å². The van der Waals surface area contributed by atoms with Crippen molar-refractivity contribution in [3.8, 4) is 5.75 Å². The van der Waals surface area contributed by atoms with Gasteiger partial charge in [-0.3, -0.25) is 9.59 Å². The van der Waals surface area contributed by atoms with Crippen molar-refractivity contribution in [1.82, 2.24) is 0 Å². The maximum Gasteiger partial charge on any atom is 0.416 e. The Balaban J connectivity index is 1.62. The third-order valence-corrected chi connectivity index (χ3v) is 5.14. The van der Waals surface area contributed by atoms with Crippen LogP contribution in [0.2, 0.25) is 0 Å². The molecule has 0 aromatic heterocycles. The van der Waals surface area contributed by atoms with E-state index in [0.29, 0.717) is 48.1 Å². The van der Waals surface area contributed by atoms with E-state index in [9.17, 15) is 22.8 Å². The highest BCUT2D eigenvalue weighted by Crippen LogP contribution is 2.38. The number of benzene rings is 2. The summed E-state index contributed by atoms with van der Waals surface area (Å²) >= 11 is 0. The molecule has 0 saturated carbocycles. The molecule has 7 heteroatoms. The zero-order valence-corrected chi connectivity index (χ0v) is 15.4. The number of amides is 1. The molecule has 0 fully saturated rings. The Morgan fingerprint density at radius 3 is 2.69 bits per heavy atom. The molecule has 4 nitrogen and oxygen atoms in total. The molecule has 2 aromatic carbocycles. The maximum atomic E-state index is 13.0. The Kier molecular flexibility index (Phi) is 4.90. The van der Waals surface area contributed by atoms with Crippen LogP contribution in [0.5, 0.6) is 5.75 Å². The molecular formula is C22H18F3NO3. The predicted octanol–water partition coefficient (Wildman–Crippen LogP) is 5.03. The van der Waals surface area contributed by atoms with Gasteiger partial charge in [-0.25, -0.2) is 0 Å². The van der Waals surface area contributed by atoms with E-state index in [4.69, 9.17) is 4.74 Å². The van der Waals surface area contributed by atoms with Crippen LogP contribution in [0.4, 0.5) is 18.9 Å². The fourth-order valence-electron chi connectivity index (χ4n) is 3.75. The molecule has 1 aliphatic heterocycles. The van der Waals surface area contributed by atoms with Crippen LogP contribution in [0.1, 0.15) is 46.3 Å². The summed E-state index contributed by atoms with van der Waals surface area (Å²) in [6.45, 7) is 0.279. The van der Waals surface area contributed by atoms with Gasteiger partial charge < -0.3 is 10.1 Å². The number of halogens is 3. The van der Waals surface area contributed by atoms with Gasteiger partial charge in [-0.05, 0) is 48.6 Å². The summed E-state index contributed by atoms with van der Waals surface area (Å²) in [6, 6.07) is 8.53. The first-order valence-electron chi connectivity index (χ1n) is 9.34. The Morgan fingerprint density at radius 2 is 1.90 bits per heavy atom. The van der Waals surface area contributed by atoms with Gasteiger partial charge in [-0.15, -0.1) is 0 Å². The minimum Gasteiger partial charge on any atom is -0.493 e. The fraction of sp³-hybridized carbons (Fsp3) is 0.273. The Hall–Kier alpha value is -3.09. The van der Waals surface area contributed by atoms with Gasteiger partial charge in [0.1, 0.15) is 5.75 Å². The van der Waals surface area contributed by atoms with Crippen LogP contribution in [0.3, 0.4) is 0 Å². The average Bonchev–Trinajstić information content (AvgIpc) is 2.94. The van der Waals surface area contributed by atoms with E-state index in [0.717, 1.165) is 17.7 Å². The number of ether oxygens (including phenoxy) is 1. The zero-order valence-electron chi connectivity index (χ0n) is 15.4. The molecule has 1 amide bonds. The number of ketones is 1. The number of hydrogen-bond acceptors (Lipinski definition) is 3. The summed E-state index contributed by atoms with van der Waals surface area (Å²) in [5.41, 5.74) is 2.36. The predicted molar refractivity (Wildman–Crippen MR) is 102 cm³/mol. The molecule has 4 rings (SSSR count). The number of anilines is 1. The van der Waals surface area contributed by atoms with E-state index in [2.05, 4.69) is 5.32 Å². The number of carbonyl (C=O) groups excluding carboxylic acids is 2. The standard InChI is InChI=1S/C22H18F3NO3/c23-22(24,25)14-6-7-15-13(3-2-10-29-20(15)12-14)11-21(28)26-18-5-1-4-17-16(18)8-9-19(17)27/h1,4-7,11-12H,2-3,8-10H2,(H,26,28)/b13-11+. The van der Waals surface area contributed by atoms with Gasteiger partial charge in [-0.2, -0.15) is 13.2 Å². The largest absolute Gasteiger partial charge is 0.493 e. The fourth-order valence-corrected chi connectivity index (χ4v) is 3.75. The molecule has 1 N–H and O–H groups in total. The van der Waals surface area contributed by atoms with Crippen LogP contribution in [-0.4, -0.2) is 18.3 Å². The van der Waals surface area contributed by atoms with Gasteiger partial charge in [0.15, 0.2) is 5.78 Å². The summed E-state index contributed by atoms with van der Waals surface area (Å²) in [5.74, 6) is -0.201. The Morgan fingerprint density at radius 1 is 1.07 bits per heavy atom. The molecule has 150 valence electrons. The van der Waals surface area contributed by atoms with Crippen molar-refractivity contribution >= 4 is 23.0 Å². The monoisotopic (exact) mass is 401 g/mol. The van der Waals surface area contributed by atoms with E-state index in [1.807, 2.05) is 0 Å². The Labute approximate surface area is 165 Å². The van der Waals surface area contributed by atoms with Crippen molar-refractivity contribution in [2.24, 2.45) is 0 Å². The number of fused-ring (bicyclic) bond motifs is 2. The lowest BCUT2D eigenvalue weighted by atomic mass is 9.99. The highest BCUT2D eigenvalue weighted by molar-refractivity contribution is 6.07. The highest BCUT2D eigenvalue weighted by Gasteiger charge is 2.32. The first kappa shape index (κ1) is 19.2. The van der Waals surface area contributed by atoms with Crippen molar-refractivity contribution in [3.05, 3.63) is 64.7 Å². The van der Waals surface area contributed by atoms with Crippen molar-refractivity contribution in [2.45, 2.75) is 31.9 Å². The molecule has 0 spiro atoms. The summed E-state index contributed by atoms with van der Waals surface area (Å²) < 4.78 is 44.4. The average molecular weight is 401 g/mol. The van der Waals surface area contributed by atoms with Crippen LogP contribution in [0.25, 0.3) is 5.57 Å². The Bertz CT molecular complexity index is 1020. The molecule has 0 atom stereocenters. The van der Waals surface area contributed by atoms with Gasteiger partial charge in [0.2, 0.25) is 5.91 Å². The molecule has 29 heavy (non-hydrogen) atoms. The quantitative estimate of drug-likeness (QED) is 0.719. The van der Waals surface area contributed by atoms with E-state index in [1.165, 1.54) is 12.1 Å². The first-order valence-corrected chi connectivity index (χ1v) is 9.34. The lowest BCUT2D eigenvalue weighted by Crippen LogP contribution is -2.11. The topological polar surface area (TPSA) is 55.4 Å². The van der Waals surface area contributed by atoms with E-state index >= 15 is 0 Å². The number of alkyl halides is 3. The van der Waals surface area contributed by atoms with E-state index in [-0.39, 0.29) is 24.0 Å². The van der Waals surface area contributed by atoms with Crippen molar-refractivity contribution in [3.63, 3.8) is 0 Å². The molecule has 2 aromatic rings. The molecule has 1 aliphatic carbocycles. The summed E-state index contributed by atoms with van der Waals surface area (Å²) in [4.78, 5) is 24.5. The number of Topliss-reactive ketones (excluding diaryl/α,β-unsaturated/α-hetero) is 1. The smallest absolute Gasteiger partial charge is 0.416 e. The van der Waals surface area contributed by atoms with Gasteiger partial charge in [0.05, 0.1) is 12.2 Å². The third-order valence-electron chi connectivity index (χ3n) is 5.14. The second-order valence-electron chi connectivity index (χ2n) is 7.07. The summed E-state index contributed by atoms with van der Waals surface area (Å²) in [5, 5.41) is 2.81. The second kappa shape index (κ2) is 7.39. The third kappa shape index (κ3) is 3.90. The number of allylic oxidation sites excluding steroid dienone is 1. The molecule has 2 aliphatic rings. The van der Waals surface area contributed by atoms with Crippen molar-refractivity contribution in [1.29, 1.82) is 0 Å². The van der Waals surface area contributed by atoms with Crippen LogP contribution in [0, 0.1) is 0 Å². The first-order chi connectivity index (χ1) is 13.8. The SMILES string of the molecule is O=C(/C=C1\CCCOc2cc(C(F)(F)F)ccc21)Nc1cccc2c1CCC2=O. The lowest BCUT2D eigenvalue weighted by molar-refractivity contribution is -0.137. The van der Waals surface area contributed by atoms with Crippen molar-refractivity contribution in [2.75, 3.05) is 11.9 Å². The minimum absolute atomic E-state index is 0.0600.